The van der Waals surface area contributed by atoms with Crippen LogP contribution in [0.4, 0.5) is 0 Å². The van der Waals surface area contributed by atoms with E-state index in [-0.39, 0.29) is 32.0 Å². The fourth-order valence-electron chi connectivity index (χ4n) is 5.74. The third kappa shape index (κ3) is 34.8. The highest BCUT2D eigenvalue weighted by Gasteiger charge is 2.15. The van der Waals surface area contributed by atoms with E-state index < -0.39 is 30.4 Å². The molecule has 8 heteroatoms. The largest absolute Gasteiger partial charge is 0.463 e. The van der Waals surface area contributed by atoms with Gasteiger partial charge in [0.25, 0.3) is 0 Å². The van der Waals surface area contributed by atoms with Gasteiger partial charge >= 0.3 is 11.9 Å². The summed E-state index contributed by atoms with van der Waals surface area (Å²) < 4.78 is 10.2. The second-order valence-corrected chi connectivity index (χ2v) is 14.6. The number of hydrogen-bond donors (Lipinski definition) is 4. The Kier molecular flexibility index (Phi) is 35.5. The van der Waals surface area contributed by atoms with E-state index in [0.717, 1.165) is 50.9 Å². The number of carbonyl (C=O) groups excluding carboxylic acids is 2. The molecule has 0 radical (unpaired) electrons. The van der Waals surface area contributed by atoms with Gasteiger partial charge in [-0.25, -0.2) is 0 Å². The summed E-state index contributed by atoms with van der Waals surface area (Å²) >= 11 is 0. The van der Waals surface area contributed by atoms with Crippen molar-refractivity contribution in [2.75, 3.05) is 13.2 Å². The van der Waals surface area contributed by atoms with E-state index in [1.165, 1.54) is 89.5 Å². The average Bonchev–Trinajstić information content (AvgIpc) is 3.13. The SMILES string of the molecule is CCCCC[C@@H](O)/C=C/C=C\C=C\C=C\[C@@H](O)[C@H](O)CCCC(=O)OC[C@H](O)COC(=O)CCCCCCCCCCCCCCCCC(C)CC. The molecule has 0 spiro atoms. The first-order valence-electron chi connectivity index (χ1n) is 20.9. The van der Waals surface area contributed by atoms with Gasteiger partial charge in [-0.3, -0.25) is 9.59 Å². The lowest BCUT2D eigenvalue weighted by atomic mass is 9.99. The zero-order valence-electron chi connectivity index (χ0n) is 33.3. The van der Waals surface area contributed by atoms with E-state index in [4.69, 9.17) is 9.47 Å². The van der Waals surface area contributed by atoms with E-state index in [1.807, 2.05) is 6.08 Å². The number of carbonyl (C=O) groups is 2. The predicted octanol–water partition coefficient (Wildman–Crippen LogP) is 9.78. The highest BCUT2D eigenvalue weighted by molar-refractivity contribution is 5.69. The minimum absolute atomic E-state index is 0.0321. The lowest BCUT2D eigenvalue weighted by Crippen LogP contribution is -2.26. The van der Waals surface area contributed by atoms with Gasteiger partial charge < -0.3 is 29.9 Å². The second-order valence-electron chi connectivity index (χ2n) is 14.6. The molecule has 302 valence electrons. The van der Waals surface area contributed by atoms with Crippen LogP contribution in [-0.4, -0.2) is 70.0 Å². The zero-order chi connectivity index (χ0) is 38.5. The minimum Gasteiger partial charge on any atom is -0.463 e. The monoisotopic (exact) mass is 735 g/mol. The molecule has 4 N–H and O–H groups in total. The van der Waals surface area contributed by atoms with Crippen molar-refractivity contribution in [1.82, 2.24) is 0 Å². The van der Waals surface area contributed by atoms with E-state index in [2.05, 4.69) is 20.8 Å². The first-order valence-corrected chi connectivity index (χ1v) is 20.9. The standard InChI is InChI=1S/C44H78O8/c1-4-6-23-30-39(45)31-25-20-17-18-21-26-32-41(47)42(48)33-28-35-44(50)52-37-40(46)36-51-43(49)34-27-22-16-14-12-10-8-7-9-11-13-15-19-24-29-38(3)5-2/h17-18,20-21,25-26,31-32,38-42,45-48H,4-16,19,22-24,27-30,33-37H2,1-3H3/b20-17-,21-18+,31-25+,32-26+/t38?,39-,40-,41-,42-/m1/s1. The molecule has 0 aromatic rings. The summed E-state index contributed by atoms with van der Waals surface area (Å²) in [5, 5.41) is 40.1. The summed E-state index contributed by atoms with van der Waals surface area (Å²) in [4.78, 5) is 24.0. The van der Waals surface area contributed by atoms with Crippen molar-refractivity contribution < 1.29 is 39.5 Å². The molecular formula is C44H78O8. The molecule has 0 heterocycles. The Hall–Kier alpha value is -2.26. The molecule has 0 saturated carbocycles. The van der Waals surface area contributed by atoms with Crippen LogP contribution >= 0.6 is 0 Å². The highest BCUT2D eigenvalue weighted by Crippen LogP contribution is 2.16. The Bertz CT molecular complexity index is 943. The fraction of sp³-hybridized carbons (Fsp3) is 0.773. The van der Waals surface area contributed by atoms with E-state index >= 15 is 0 Å². The number of esters is 2. The Morgan fingerprint density at radius 3 is 1.48 bits per heavy atom. The number of hydrogen-bond acceptors (Lipinski definition) is 8. The minimum atomic E-state index is -1.09. The van der Waals surface area contributed by atoms with E-state index in [0.29, 0.717) is 12.8 Å². The Morgan fingerprint density at radius 1 is 0.519 bits per heavy atom. The van der Waals surface area contributed by atoms with Crippen LogP contribution < -0.4 is 0 Å². The molecule has 0 aromatic carbocycles. The van der Waals surface area contributed by atoms with Gasteiger partial charge in [-0.05, 0) is 31.6 Å². The van der Waals surface area contributed by atoms with Gasteiger partial charge in [0.1, 0.15) is 19.3 Å². The fourth-order valence-corrected chi connectivity index (χ4v) is 5.74. The smallest absolute Gasteiger partial charge is 0.305 e. The summed E-state index contributed by atoms with van der Waals surface area (Å²) in [6, 6.07) is 0. The van der Waals surface area contributed by atoms with Gasteiger partial charge in [0.15, 0.2) is 0 Å². The molecule has 5 atom stereocenters. The van der Waals surface area contributed by atoms with Crippen LogP contribution in [0, 0.1) is 5.92 Å². The van der Waals surface area contributed by atoms with Gasteiger partial charge in [-0.15, -0.1) is 0 Å². The summed E-state index contributed by atoms with van der Waals surface area (Å²) in [5.41, 5.74) is 0. The maximum Gasteiger partial charge on any atom is 0.305 e. The summed E-state index contributed by atoms with van der Waals surface area (Å²) in [6.45, 7) is 6.29. The zero-order valence-corrected chi connectivity index (χ0v) is 33.3. The first-order chi connectivity index (χ1) is 25.2. The van der Waals surface area contributed by atoms with Crippen molar-refractivity contribution in [3.63, 3.8) is 0 Å². The topological polar surface area (TPSA) is 134 Å². The second kappa shape index (κ2) is 37.1. The predicted molar refractivity (Wildman–Crippen MR) is 214 cm³/mol. The number of unbranched alkanes of at least 4 members (excludes halogenated alkanes) is 15. The van der Waals surface area contributed by atoms with Crippen molar-refractivity contribution >= 4 is 11.9 Å². The van der Waals surface area contributed by atoms with Crippen LogP contribution in [0.1, 0.15) is 175 Å². The lowest BCUT2D eigenvalue weighted by Gasteiger charge is -2.14. The van der Waals surface area contributed by atoms with Crippen LogP contribution in [0.5, 0.6) is 0 Å². The Labute approximate surface area is 317 Å². The quantitative estimate of drug-likeness (QED) is 0.0284. The van der Waals surface area contributed by atoms with E-state index in [1.54, 1.807) is 36.5 Å². The molecule has 0 rings (SSSR count). The van der Waals surface area contributed by atoms with Gasteiger partial charge in [0, 0.05) is 12.8 Å². The van der Waals surface area contributed by atoms with Crippen molar-refractivity contribution in [1.29, 1.82) is 0 Å². The molecular weight excluding hydrogens is 656 g/mol. The number of aliphatic hydroxyl groups is 4. The molecule has 0 bridgehead atoms. The Morgan fingerprint density at radius 2 is 0.962 bits per heavy atom. The van der Waals surface area contributed by atoms with Crippen molar-refractivity contribution in [3.8, 4) is 0 Å². The third-order valence-corrected chi connectivity index (χ3v) is 9.47. The molecule has 0 aliphatic rings. The number of allylic oxidation sites excluding steroid dienone is 6. The maximum absolute atomic E-state index is 12.0. The van der Waals surface area contributed by atoms with Gasteiger partial charge in [-0.1, -0.05) is 185 Å². The van der Waals surface area contributed by atoms with E-state index in [9.17, 15) is 30.0 Å². The third-order valence-electron chi connectivity index (χ3n) is 9.47. The van der Waals surface area contributed by atoms with Crippen molar-refractivity contribution in [3.05, 3.63) is 48.6 Å². The van der Waals surface area contributed by atoms with Crippen molar-refractivity contribution in [2.24, 2.45) is 5.92 Å². The molecule has 0 aliphatic heterocycles. The molecule has 0 amide bonds. The number of rotatable bonds is 36. The number of ether oxygens (including phenoxy) is 2. The van der Waals surface area contributed by atoms with Crippen LogP contribution in [0.15, 0.2) is 48.6 Å². The molecule has 0 aliphatic carbocycles. The number of aliphatic hydroxyl groups excluding tert-OH is 4. The normalized spacial score (nSPS) is 15.1. The molecule has 52 heavy (non-hydrogen) atoms. The summed E-state index contributed by atoms with van der Waals surface area (Å²) in [5.74, 6) is 0.00533. The molecule has 8 nitrogen and oxygen atoms in total. The van der Waals surface area contributed by atoms with Gasteiger partial charge in [0.05, 0.1) is 18.3 Å². The summed E-state index contributed by atoms with van der Waals surface area (Å²) in [7, 11) is 0. The highest BCUT2D eigenvalue weighted by atomic mass is 16.6. The molecule has 0 aromatic heterocycles. The average molecular weight is 735 g/mol. The van der Waals surface area contributed by atoms with Crippen LogP contribution in [-0.2, 0) is 19.1 Å². The molecule has 0 fully saturated rings. The lowest BCUT2D eigenvalue weighted by molar-refractivity contribution is -0.152. The van der Waals surface area contributed by atoms with Crippen LogP contribution in [0.25, 0.3) is 0 Å². The maximum atomic E-state index is 12.0. The Balaban J connectivity index is 3.73. The molecule has 0 saturated heterocycles. The first kappa shape index (κ1) is 49.7. The van der Waals surface area contributed by atoms with Crippen molar-refractivity contribution in [2.45, 2.75) is 199 Å². The molecule has 1 unspecified atom stereocenters. The van der Waals surface area contributed by atoms with Crippen LogP contribution in [0.3, 0.4) is 0 Å². The van der Waals surface area contributed by atoms with Crippen LogP contribution in [0.2, 0.25) is 0 Å². The summed E-state index contributed by atoms with van der Waals surface area (Å²) in [6.07, 6.45) is 35.4. The van der Waals surface area contributed by atoms with Gasteiger partial charge in [-0.2, -0.15) is 0 Å². The van der Waals surface area contributed by atoms with Gasteiger partial charge in [0.2, 0.25) is 0 Å².